The third kappa shape index (κ3) is 7.30. The Hall–Kier alpha value is -3.58. The second-order valence-electron chi connectivity index (χ2n) is 10.1. The van der Waals surface area contributed by atoms with Crippen molar-refractivity contribution in [2.24, 2.45) is 0 Å². The molecule has 2 atom stereocenters. The molecule has 4 aromatic rings. The molecule has 204 valence electrons. The van der Waals surface area contributed by atoms with Crippen LogP contribution in [0.2, 0.25) is 0 Å². The molecule has 0 bridgehead atoms. The Bertz CT molecular complexity index is 1340. The van der Waals surface area contributed by atoms with E-state index in [0.717, 1.165) is 60.3 Å². The zero-order chi connectivity index (χ0) is 26.9. The lowest BCUT2D eigenvalue weighted by molar-refractivity contribution is 0.105. The van der Waals surface area contributed by atoms with E-state index in [1.807, 2.05) is 30.3 Å². The van der Waals surface area contributed by atoms with Crippen molar-refractivity contribution in [1.29, 1.82) is 0 Å². The zero-order valence-electron chi connectivity index (χ0n) is 22.6. The van der Waals surface area contributed by atoms with E-state index in [1.54, 1.807) is 19.2 Å². The summed E-state index contributed by atoms with van der Waals surface area (Å²) in [6.45, 7) is 4.57. The fraction of sp³-hybridized carbons (Fsp3) is 0.333. The molecule has 1 heterocycles. The highest BCUT2D eigenvalue weighted by Crippen LogP contribution is 2.28. The molecule has 0 unspecified atom stereocenters. The maximum absolute atomic E-state index is 9.72. The fourth-order valence-electron chi connectivity index (χ4n) is 5.28. The van der Waals surface area contributed by atoms with Crippen molar-refractivity contribution in [3.63, 3.8) is 0 Å². The monoisotopic (exact) mass is 526 g/mol. The first-order valence-electron chi connectivity index (χ1n) is 13.8. The lowest BCUT2D eigenvalue weighted by atomic mass is 9.86. The van der Waals surface area contributed by atoms with Crippen molar-refractivity contribution >= 4 is 10.8 Å². The summed E-state index contributed by atoms with van der Waals surface area (Å²) in [5.74, 6) is 2.50. The molecule has 1 saturated heterocycles. The van der Waals surface area contributed by atoms with Gasteiger partial charge in [-0.15, -0.1) is 0 Å². The van der Waals surface area contributed by atoms with E-state index in [1.165, 1.54) is 11.1 Å². The Morgan fingerprint density at radius 3 is 2.62 bits per heavy atom. The summed E-state index contributed by atoms with van der Waals surface area (Å²) in [6, 6.07) is 28.8. The van der Waals surface area contributed by atoms with Gasteiger partial charge in [-0.25, -0.2) is 0 Å². The molecule has 6 heteroatoms. The van der Waals surface area contributed by atoms with Crippen LogP contribution in [0.5, 0.6) is 17.2 Å². The summed E-state index contributed by atoms with van der Waals surface area (Å²) in [4.78, 5) is 0. The Balaban J connectivity index is 1.08. The van der Waals surface area contributed by atoms with E-state index < -0.39 is 0 Å². The number of piperidine rings is 1. The molecule has 6 nitrogen and oxygen atoms in total. The fourth-order valence-corrected chi connectivity index (χ4v) is 5.28. The molecule has 1 aliphatic rings. The first-order valence-corrected chi connectivity index (χ1v) is 13.8. The molecule has 3 N–H and O–H groups in total. The minimum atomic E-state index is 0.301. The third-order valence-electron chi connectivity index (χ3n) is 7.40. The number of benzene rings is 4. The summed E-state index contributed by atoms with van der Waals surface area (Å²) in [5, 5.41) is 19.2. The quantitative estimate of drug-likeness (QED) is 0.204. The minimum Gasteiger partial charge on any atom is -0.508 e. The number of hydrogen-bond acceptors (Lipinski definition) is 6. The van der Waals surface area contributed by atoms with E-state index in [-0.39, 0.29) is 0 Å². The number of fused-ring (bicyclic) bond motifs is 1. The maximum atomic E-state index is 9.72. The highest BCUT2D eigenvalue weighted by molar-refractivity contribution is 5.84. The number of aromatic hydroxyl groups is 1. The Morgan fingerprint density at radius 2 is 1.74 bits per heavy atom. The highest BCUT2D eigenvalue weighted by atomic mass is 16.5. The van der Waals surface area contributed by atoms with Crippen LogP contribution in [0.15, 0.2) is 84.9 Å². The van der Waals surface area contributed by atoms with E-state index in [2.05, 4.69) is 53.1 Å². The molecule has 0 amide bonds. The third-order valence-corrected chi connectivity index (χ3v) is 7.40. The standard InChI is InChI=1S/C33H38N2O4/c1-37-33-6-3-2-5-28(33)23-38-17-4-18-39-30-13-10-25(11-14-30)31-15-16-34-22-32(31)35-21-24-7-8-27-20-29(36)12-9-26(27)19-24/h2-3,5-14,19-20,31-32,34-36H,4,15-18,21-23H2,1H3/t31-,32-/m0/s1. The van der Waals surface area contributed by atoms with Gasteiger partial charge in [0.2, 0.25) is 0 Å². The van der Waals surface area contributed by atoms with E-state index in [4.69, 9.17) is 14.2 Å². The summed E-state index contributed by atoms with van der Waals surface area (Å²) >= 11 is 0. The number of ether oxygens (including phenoxy) is 3. The van der Waals surface area contributed by atoms with Crippen LogP contribution in [0.1, 0.15) is 35.4 Å². The van der Waals surface area contributed by atoms with Crippen molar-refractivity contribution in [3.8, 4) is 17.2 Å². The molecule has 39 heavy (non-hydrogen) atoms. The van der Waals surface area contributed by atoms with E-state index in [9.17, 15) is 5.11 Å². The van der Waals surface area contributed by atoms with Crippen molar-refractivity contribution < 1.29 is 19.3 Å². The smallest absolute Gasteiger partial charge is 0.124 e. The Labute approximate surface area is 230 Å². The maximum Gasteiger partial charge on any atom is 0.124 e. The number of para-hydroxylation sites is 1. The predicted molar refractivity (Wildman–Crippen MR) is 156 cm³/mol. The summed E-state index contributed by atoms with van der Waals surface area (Å²) in [6.07, 6.45) is 1.92. The SMILES string of the molecule is COc1ccccc1COCCCOc1ccc([C@@H]2CCNC[C@@H]2NCc2ccc3cc(O)ccc3c2)cc1. The first-order chi connectivity index (χ1) is 19.2. The average molecular weight is 527 g/mol. The molecule has 0 spiro atoms. The van der Waals surface area contributed by atoms with E-state index in [0.29, 0.717) is 37.5 Å². The van der Waals surface area contributed by atoms with Crippen LogP contribution in [0, 0.1) is 0 Å². The molecule has 1 aliphatic heterocycles. The van der Waals surface area contributed by atoms with Gasteiger partial charge >= 0.3 is 0 Å². The van der Waals surface area contributed by atoms with Crippen molar-refractivity contribution in [2.75, 3.05) is 33.4 Å². The van der Waals surface area contributed by atoms with Gasteiger partial charge in [-0.1, -0.05) is 48.5 Å². The molecule has 0 aliphatic carbocycles. The van der Waals surface area contributed by atoms with Gasteiger partial charge in [-0.05, 0) is 71.3 Å². The Morgan fingerprint density at radius 1 is 0.923 bits per heavy atom. The molecule has 0 radical (unpaired) electrons. The summed E-state index contributed by atoms with van der Waals surface area (Å²) < 4.78 is 17.2. The molecule has 0 aromatic heterocycles. The van der Waals surface area contributed by atoms with Crippen LogP contribution in [0.4, 0.5) is 0 Å². The summed E-state index contributed by atoms with van der Waals surface area (Å²) in [5.41, 5.74) is 3.64. The van der Waals surface area contributed by atoms with Gasteiger partial charge in [0.15, 0.2) is 0 Å². The lowest BCUT2D eigenvalue weighted by Gasteiger charge is -2.33. The van der Waals surface area contributed by atoms with Gasteiger partial charge in [-0.2, -0.15) is 0 Å². The second-order valence-corrected chi connectivity index (χ2v) is 10.1. The number of phenols is 1. The number of nitrogens with one attached hydrogen (secondary N) is 2. The first kappa shape index (κ1) is 27.0. The van der Waals surface area contributed by atoms with Crippen LogP contribution in [-0.2, 0) is 17.9 Å². The van der Waals surface area contributed by atoms with Crippen molar-refractivity contribution in [1.82, 2.24) is 10.6 Å². The second kappa shape index (κ2) is 13.5. The van der Waals surface area contributed by atoms with Crippen molar-refractivity contribution in [3.05, 3.63) is 102 Å². The van der Waals surface area contributed by atoms with Crippen LogP contribution in [-0.4, -0.2) is 44.6 Å². The number of methoxy groups -OCH3 is 1. The molecular formula is C33H38N2O4. The van der Waals surface area contributed by atoms with Crippen LogP contribution in [0.25, 0.3) is 10.8 Å². The average Bonchev–Trinajstić information content (AvgIpc) is 2.98. The van der Waals surface area contributed by atoms with Gasteiger partial charge in [0.05, 0.1) is 26.9 Å². The predicted octanol–water partition coefficient (Wildman–Crippen LogP) is 5.78. The molecule has 1 fully saturated rings. The van der Waals surface area contributed by atoms with Gasteiger partial charge < -0.3 is 30.0 Å². The molecule has 0 saturated carbocycles. The van der Waals surface area contributed by atoms with Crippen molar-refractivity contribution in [2.45, 2.75) is 38.0 Å². The minimum absolute atomic E-state index is 0.301. The van der Waals surface area contributed by atoms with Gasteiger partial charge in [-0.3, -0.25) is 0 Å². The molecule has 5 rings (SSSR count). The van der Waals surface area contributed by atoms with Gasteiger partial charge in [0.1, 0.15) is 17.2 Å². The Kier molecular flexibility index (Phi) is 9.33. The lowest BCUT2D eigenvalue weighted by Crippen LogP contribution is -2.47. The number of hydrogen-bond donors (Lipinski definition) is 3. The number of rotatable bonds is 12. The number of phenolic OH excluding ortho intramolecular Hbond substituents is 1. The highest BCUT2D eigenvalue weighted by Gasteiger charge is 2.26. The topological polar surface area (TPSA) is 72.0 Å². The van der Waals surface area contributed by atoms with Gasteiger partial charge in [0, 0.05) is 37.0 Å². The molecular weight excluding hydrogens is 488 g/mol. The summed E-state index contributed by atoms with van der Waals surface area (Å²) in [7, 11) is 1.68. The van der Waals surface area contributed by atoms with Crippen LogP contribution < -0.4 is 20.1 Å². The zero-order valence-corrected chi connectivity index (χ0v) is 22.6. The van der Waals surface area contributed by atoms with Crippen LogP contribution in [0.3, 0.4) is 0 Å². The van der Waals surface area contributed by atoms with E-state index >= 15 is 0 Å². The largest absolute Gasteiger partial charge is 0.508 e. The van der Waals surface area contributed by atoms with Gasteiger partial charge in [0.25, 0.3) is 0 Å². The van der Waals surface area contributed by atoms with Crippen LogP contribution >= 0.6 is 0 Å². The molecule has 4 aromatic carbocycles. The normalized spacial score (nSPS) is 17.3.